The number of ether oxygens (including phenoxy) is 3. The maximum Gasteiger partial charge on any atom is 0.343 e. The van der Waals surface area contributed by atoms with Crippen LogP contribution in [-0.2, 0) is 0 Å². The molecule has 63 heavy (non-hydrogen) atoms. The van der Waals surface area contributed by atoms with E-state index in [0.717, 1.165) is 66.5 Å². The molecular weight excluding hydrogens is 787 g/mol. The van der Waals surface area contributed by atoms with Crippen LogP contribution >= 0.6 is 0 Å². The van der Waals surface area contributed by atoms with Crippen LogP contribution in [0.2, 0.25) is 0 Å². The lowest BCUT2D eigenvalue weighted by atomic mass is 10.1. The second-order valence-electron chi connectivity index (χ2n) is 14.7. The molecule has 0 bridgehead atoms. The standard InChI is InChI=1S/C54H33N3O6/c58-52(61-43-22-13-37(14-23-43)49-28-19-34-7-1-4-10-46(34)55-49)40-31-41(53(59)62-44-24-15-38(16-25-44)50-29-20-35-8-2-5-11-47(35)56-50)33-42(32-40)54(60)63-45-26-17-39(18-27-45)51-30-21-36-9-3-6-12-48(36)57-51/h1-33H. The number of aromatic nitrogens is 3. The molecule has 10 aromatic rings. The van der Waals surface area contributed by atoms with Gasteiger partial charge in [-0.3, -0.25) is 0 Å². The highest BCUT2D eigenvalue weighted by Gasteiger charge is 2.21. The molecule has 0 saturated heterocycles. The summed E-state index contributed by atoms with van der Waals surface area (Å²) in [5, 5.41) is 3.09. The summed E-state index contributed by atoms with van der Waals surface area (Å²) in [4.78, 5) is 55.5. The molecule has 10 rings (SSSR count). The molecule has 0 aliphatic carbocycles. The summed E-state index contributed by atoms with van der Waals surface area (Å²) in [6.45, 7) is 0. The Bertz CT molecular complexity index is 3000. The molecular formula is C54H33N3O6. The largest absolute Gasteiger partial charge is 0.423 e. The van der Waals surface area contributed by atoms with Gasteiger partial charge in [-0.1, -0.05) is 72.8 Å². The third-order valence-corrected chi connectivity index (χ3v) is 10.5. The van der Waals surface area contributed by atoms with Crippen LogP contribution in [0.1, 0.15) is 31.1 Å². The molecule has 0 spiro atoms. The van der Waals surface area contributed by atoms with Crippen molar-refractivity contribution < 1.29 is 28.6 Å². The van der Waals surface area contributed by atoms with Gasteiger partial charge in [0.1, 0.15) is 17.2 Å². The SMILES string of the molecule is O=C(Oc1ccc(-c2ccc3ccccc3n2)cc1)c1cc(C(=O)Oc2ccc(-c3ccc4ccccc4n3)cc2)cc(C(=O)Oc2ccc(-c3ccc4ccccc4n3)cc2)c1. The molecule has 0 N–H and O–H groups in total. The molecule has 0 saturated carbocycles. The Hall–Kier alpha value is -8.82. The first-order chi connectivity index (χ1) is 30.9. The van der Waals surface area contributed by atoms with Crippen molar-refractivity contribution in [2.45, 2.75) is 0 Å². The van der Waals surface area contributed by atoms with Crippen LogP contribution in [0.5, 0.6) is 17.2 Å². The highest BCUT2D eigenvalue weighted by atomic mass is 16.5. The van der Waals surface area contributed by atoms with Crippen molar-refractivity contribution in [2.24, 2.45) is 0 Å². The summed E-state index contributed by atoms with van der Waals surface area (Å²) in [6, 6.07) is 60.1. The fourth-order valence-electron chi connectivity index (χ4n) is 7.24. The molecule has 0 radical (unpaired) electrons. The normalized spacial score (nSPS) is 11.0. The second kappa shape index (κ2) is 16.7. The van der Waals surface area contributed by atoms with E-state index in [9.17, 15) is 14.4 Å². The second-order valence-corrected chi connectivity index (χ2v) is 14.7. The predicted molar refractivity (Wildman–Crippen MR) is 243 cm³/mol. The zero-order chi connectivity index (χ0) is 42.7. The van der Waals surface area contributed by atoms with Gasteiger partial charge in [0.25, 0.3) is 0 Å². The number of carbonyl (C=O) groups is 3. The third kappa shape index (κ3) is 8.35. The average molecular weight is 820 g/mol. The summed E-state index contributed by atoms with van der Waals surface area (Å²) in [7, 11) is 0. The summed E-state index contributed by atoms with van der Waals surface area (Å²) >= 11 is 0. The first kappa shape index (κ1) is 38.4. The summed E-state index contributed by atoms with van der Waals surface area (Å²) in [6.07, 6.45) is 0. The van der Waals surface area contributed by atoms with Crippen molar-refractivity contribution in [1.29, 1.82) is 0 Å². The average Bonchev–Trinajstić information content (AvgIpc) is 3.34. The molecule has 0 fully saturated rings. The van der Waals surface area contributed by atoms with Crippen LogP contribution < -0.4 is 14.2 Å². The van der Waals surface area contributed by atoms with Gasteiger partial charge in [0.05, 0.1) is 50.3 Å². The Morgan fingerprint density at radius 1 is 0.302 bits per heavy atom. The first-order valence-electron chi connectivity index (χ1n) is 20.1. The van der Waals surface area contributed by atoms with Crippen LogP contribution in [0, 0.1) is 0 Å². The lowest BCUT2D eigenvalue weighted by molar-refractivity contribution is 0.0734. The summed E-state index contributed by atoms with van der Waals surface area (Å²) in [5.74, 6) is -1.63. The molecule has 0 aliphatic rings. The molecule has 300 valence electrons. The van der Waals surface area contributed by atoms with E-state index >= 15 is 0 Å². The van der Waals surface area contributed by atoms with Crippen molar-refractivity contribution in [3.8, 4) is 51.0 Å². The van der Waals surface area contributed by atoms with Gasteiger partial charge in [0, 0.05) is 32.8 Å². The number of hydrogen-bond acceptors (Lipinski definition) is 9. The van der Waals surface area contributed by atoms with E-state index < -0.39 is 17.9 Å². The van der Waals surface area contributed by atoms with Gasteiger partial charge >= 0.3 is 17.9 Å². The van der Waals surface area contributed by atoms with E-state index in [1.807, 2.05) is 109 Å². The minimum absolute atomic E-state index is 0.0628. The van der Waals surface area contributed by atoms with Crippen LogP contribution in [0.15, 0.2) is 200 Å². The van der Waals surface area contributed by atoms with Gasteiger partial charge in [-0.2, -0.15) is 0 Å². The quantitative estimate of drug-likeness (QED) is 0.104. The number of rotatable bonds is 9. The molecule has 9 heteroatoms. The molecule has 9 nitrogen and oxygen atoms in total. The maximum absolute atomic E-state index is 13.7. The van der Waals surface area contributed by atoms with Gasteiger partial charge in [-0.05, 0) is 127 Å². The van der Waals surface area contributed by atoms with E-state index in [2.05, 4.69) is 0 Å². The molecule has 3 aromatic heterocycles. The number of carbonyl (C=O) groups excluding carboxylic acids is 3. The topological polar surface area (TPSA) is 118 Å². The summed E-state index contributed by atoms with van der Waals surface area (Å²) < 4.78 is 17.3. The summed E-state index contributed by atoms with van der Waals surface area (Å²) in [5.41, 5.74) is 7.20. The van der Waals surface area contributed by atoms with E-state index in [4.69, 9.17) is 29.2 Å². The lowest BCUT2D eigenvalue weighted by Gasteiger charge is -2.11. The zero-order valence-electron chi connectivity index (χ0n) is 33.3. The Labute approximate surface area is 360 Å². The zero-order valence-corrected chi connectivity index (χ0v) is 33.3. The Kier molecular flexibility index (Phi) is 10.2. The van der Waals surface area contributed by atoms with Crippen LogP contribution in [-0.4, -0.2) is 32.9 Å². The molecule has 0 amide bonds. The van der Waals surface area contributed by atoms with Crippen LogP contribution in [0.25, 0.3) is 66.5 Å². The monoisotopic (exact) mass is 819 g/mol. The Balaban J connectivity index is 0.898. The van der Waals surface area contributed by atoms with E-state index in [0.29, 0.717) is 0 Å². The van der Waals surface area contributed by atoms with Crippen molar-refractivity contribution in [2.75, 3.05) is 0 Å². The predicted octanol–water partition coefficient (Wildman–Crippen LogP) is 12.0. The maximum atomic E-state index is 13.7. The van der Waals surface area contributed by atoms with Gasteiger partial charge in [-0.25, -0.2) is 29.3 Å². The van der Waals surface area contributed by atoms with Crippen molar-refractivity contribution in [1.82, 2.24) is 15.0 Å². The smallest absolute Gasteiger partial charge is 0.343 e. The van der Waals surface area contributed by atoms with Gasteiger partial charge < -0.3 is 14.2 Å². The number of hydrogen-bond donors (Lipinski definition) is 0. The molecule has 0 atom stereocenters. The van der Waals surface area contributed by atoms with Crippen LogP contribution in [0.4, 0.5) is 0 Å². The molecule has 0 aliphatic heterocycles. The Morgan fingerprint density at radius 3 is 0.857 bits per heavy atom. The van der Waals surface area contributed by atoms with Gasteiger partial charge in [0.2, 0.25) is 0 Å². The van der Waals surface area contributed by atoms with Crippen molar-refractivity contribution in [3.63, 3.8) is 0 Å². The van der Waals surface area contributed by atoms with Crippen LogP contribution in [0.3, 0.4) is 0 Å². The fourth-order valence-corrected chi connectivity index (χ4v) is 7.24. The number of pyridine rings is 3. The number of nitrogens with zero attached hydrogens (tertiary/aromatic N) is 3. The lowest BCUT2D eigenvalue weighted by Crippen LogP contribution is -2.16. The first-order valence-corrected chi connectivity index (χ1v) is 20.1. The molecule has 7 aromatic carbocycles. The minimum Gasteiger partial charge on any atom is -0.423 e. The van der Waals surface area contributed by atoms with Crippen molar-refractivity contribution in [3.05, 3.63) is 217 Å². The molecule has 0 unspecified atom stereocenters. The van der Waals surface area contributed by atoms with Gasteiger partial charge in [-0.15, -0.1) is 0 Å². The number of benzene rings is 7. The van der Waals surface area contributed by atoms with E-state index in [1.54, 1.807) is 72.8 Å². The number of esters is 3. The van der Waals surface area contributed by atoms with E-state index in [1.165, 1.54) is 18.2 Å². The molecule has 3 heterocycles. The highest BCUT2D eigenvalue weighted by molar-refractivity contribution is 6.02. The van der Waals surface area contributed by atoms with E-state index in [-0.39, 0.29) is 33.9 Å². The Morgan fingerprint density at radius 2 is 0.571 bits per heavy atom. The minimum atomic E-state index is -0.797. The van der Waals surface area contributed by atoms with Gasteiger partial charge in [0.15, 0.2) is 0 Å². The highest BCUT2D eigenvalue weighted by Crippen LogP contribution is 2.28. The number of fused-ring (bicyclic) bond motifs is 3. The third-order valence-electron chi connectivity index (χ3n) is 10.5. The fraction of sp³-hybridized carbons (Fsp3) is 0. The van der Waals surface area contributed by atoms with Crippen molar-refractivity contribution >= 4 is 50.6 Å². The number of para-hydroxylation sites is 3.